The molecule has 8 heteroatoms. The van der Waals surface area contributed by atoms with Gasteiger partial charge >= 0.3 is 5.97 Å². The Morgan fingerprint density at radius 3 is 2.43 bits per heavy atom. The number of aldehydes is 1. The molecule has 0 fully saturated rings. The number of aryl methyl sites for hydroxylation is 1. The minimum atomic E-state index is -1.40. The van der Waals surface area contributed by atoms with E-state index in [1.807, 2.05) is 43.3 Å². The molecule has 1 aromatic heterocycles. The van der Waals surface area contributed by atoms with Crippen molar-refractivity contribution in [2.24, 2.45) is 5.73 Å². The summed E-state index contributed by atoms with van der Waals surface area (Å²) in [6.07, 6.45) is 0.0556. The summed E-state index contributed by atoms with van der Waals surface area (Å²) >= 11 is 5.70. The van der Waals surface area contributed by atoms with Crippen molar-refractivity contribution >= 4 is 40.7 Å². The summed E-state index contributed by atoms with van der Waals surface area (Å²) in [7, 11) is 0. The van der Waals surface area contributed by atoms with Gasteiger partial charge in [0.1, 0.15) is 5.75 Å². The van der Waals surface area contributed by atoms with Gasteiger partial charge in [-0.3, -0.25) is 9.59 Å². The van der Waals surface area contributed by atoms with Crippen molar-refractivity contribution in [3.8, 4) is 5.75 Å². The summed E-state index contributed by atoms with van der Waals surface area (Å²) in [5.41, 5.74) is 6.13. The van der Waals surface area contributed by atoms with Crippen molar-refractivity contribution < 1.29 is 24.2 Å². The second-order valence-corrected chi connectivity index (χ2v) is 6.24. The number of aromatic nitrogens is 1. The van der Waals surface area contributed by atoms with Crippen LogP contribution < -0.4 is 10.5 Å². The van der Waals surface area contributed by atoms with Gasteiger partial charge in [0, 0.05) is 17.6 Å². The summed E-state index contributed by atoms with van der Waals surface area (Å²) in [6, 6.07) is 17.7. The predicted octanol–water partition coefficient (Wildman–Crippen LogP) is 2.70. The SMILES string of the molecule is Cc1cc2c(OC(Cl)C(=O)O)cccc2n1Cc1ccccc1.NC(=O)C=O. The molecule has 0 spiro atoms. The first kappa shape index (κ1) is 21.0. The first-order valence-corrected chi connectivity index (χ1v) is 8.68. The molecule has 0 aliphatic rings. The lowest BCUT2D eigenvalue weighted by Gasteiger charge is -2.11. The smallest absolute Gasteiger partial charge is 0.360 e. The number of nitrogens with zero attached hydrogens (tertiary/aromatic N) is 1. The van der Waals surface area contributed by atoms with Gasteiger partial charge in [-0.1, -0.05) is 48.0 Å². The molecular weight excluding hydrogens is 384 g/mol. The molecule has 0 bridgehead atoms. The van der Waals surface area contributed by atoms with E-state index in [2.05, 4.69) is 22.4 Å². The molecule has 0 saturated heterocycles. The third-order valence-corrected chi connectivity index (χ3v) is 4.11. The van der Waals surface area contributed by atoms with Crippen molar-refractivity contribution in [1.82, 2.24) is 4.57 Å². The minimum Gasteiger partial charge on any atom is -0.478 e. The normalized spacial score (nSPS) is 11.2. The number of hydrogen-bond donors (Lipinski definition) is 2. The number of carboxylic acids is 1. The second-order valence-electron chi connectivity index (χ2n) is 5.84. The number of nitrogens with two attached hydrogens (primary N) is 1. The summed E-state index contributed by atoms with van der Waals surface area (Å²) < 4.78 is 7.53. The highest BCUT2D eigenvalue weighted by atomic mass is 35.5. The zero-order chi connectivity index (χ0) is 20.7. The molecule has 7 nitrogen and oxygen atoms in total. The average molecular weight is 403 g/mol. The van der Waals surface area contributed by atoms with Gasteiger partial charge in [0.05, 0.1) is 5.52 Å². The molecule has 1 heterocycles. The van der Waals surface area contributed by atoms with Gasteiger partial charge in [0.15, 0.2) is 0 Å². The highest BCUT2D eigenvalue weighted by Gasteiger charge is 2.18. The zero-order valence-electron chi connectivity index (χ0n) is 15.0. The maximum absolute atomic E-state index is 10.9. The van der Waals surface area contributed by atoms with E-state index in [0.29, 0.717) is 5.75 Å². The third kappa shape index (κ3) is 5.34. The van der Waals surface area contributed by atoms with Gasteiger partial charge in [-0.2, -0.15) is 0 Å². The van der Waals surface area contributed by atoms with Crippen LogP contribution in [-0.2, 0) is 20.9 Å². The Bertz CT molecular complexity index is 985. The molecule has 0 saturated carbocycles. The average Bonchev–Trinajstić information content (AvgIpc) is 2.99. The number of rotatable bonds is 6. The van der Waals surface area contributed by atoms with Crippen LogP contribution in [0.25, 0.3) is 10.9 Å². The summed E-state index contributed by atoms with van der Waals surface area (Å²) in [6.45, 7) is 2.75. The van der Waals surface area contributed by atoms with Crippen LogP contribution in [0.2, 0.25) is 0 Å². The van der Waals surface area contributed by atoms with Gasteiger partial charge in [-0.25, -0.2) is 4.79 Å². The number of carboxylic acid groups (broad SMARTS) is 1. The van der Waals surface area contributed by atoms with Gasteiger partial charge in [-0.05, 0) is 30.7 Å². The number of hydrogen-bond acceptors (Lipinski definition) is 4. The molecule has 0 radical (unpaired) electrons. The lowest BCUT2D eigenvalue weighted by molar-refractivity contribution is -0.141. The number of benzene rings is 2. The predicted molar refractivity (Wildman–Crippen MR) is 105 cm³/mol. The monoisotopic (exact) mass is 402 g/mol. The second kappa shape index (κ2) is 9.57. The van der Waals surface area contributed by atoms with Crippen LogP contribution in [0.4, 0.5) is 0 Å². The number of carbonyl (C=O) groups is 3. The molecule has 3 rings (SSSR count). The molecule has 1 atom stereocenters. The maximum Gasteiger partial charge on any atom is 0.360 e. The molecular formula is C20H19ClN2O5. The van der Waals surface area contributed by atoms with E-state index in [1.165, 1.54) is 5.56 Å². The number of carbonyl (C=O) groups excluding carboxylic acids is 2. The Hall–Kier alpha value is -3.32. The lowest BCUT2D eigenvalue weighted by Crippen LogP contribution is -2.20. The van der Waals surface area contributed by atoms with E-state index in [-0.39, 0.29) is 6.29 Å². The Balaban J connectivity index is 0.000000500. The van der Waals surface area contributed by atoms with Crippen LogP contribution in [0.3, 0.4) is 0 Å². The molecule has 0 aliphatic carbocycles. The zero-order valence-corrected chi connectivity index (χ0v) is 15.8. The quantitative estimate of drug-likeness (QED) is 0.374. The Labute approximate surface area is 166 Å². The third-order valence-electron chi connectivity index (χ3n) is 3.84. The van der Waals surface area contributed by atoms with Gasteiger partial charge in [0.2, 0.25) is 6.29 Å². The van der Waals surface area contributed by atoms with Crippen molar-refractivity contribution in [3.05, 3.63) is 65.9 Å². The fraction of sp³-hybridized carbons (Fsp3) is 0.150. The van der Waals surface area contributed by atoms with Crippen LogP contribution >= 0.6 is 11.6 Å². The van der Waals surface area contributed by atoms with E-state index in [0.717, 1.165) is 23.1 Å². The lowest BCUT2D eigenvalue weighted by atomic mass is 10.2. The fourth-order valence-electron chi connectivity index (χ4n) is 2.63. The van der Waals surface area contributed by atoms with E-state index >= 15 is 0 Å². The van der Waals surface area contributed by atoms with Gasteiger partial charge in [0.25, 0.3) is 11.5 Å². The van der Waals surface area contributed by atoms with Crippen LogP contribution in [0.5, 0.6) is 5.75 Å². The van der Waals surface area contributed by atoms with E-state index in [9.17, 15) is 9.59 Å². The van der Waals surface area contributed by atoms with Crippen molar-refractivity contribution in [1.29, 1.82) is 0 Å². The summed E-state index contributed by atoms with van der Waals surface area (Å²) in [4.78, 5) is 29.1. The highest BCUT2D eigenvalue weighted by molar-refractivity contribution is 6.28. The number of ether oxygens (including phenoxy) is 1. The molecule has 3 aromatic rings. The van der Waals surface area contributed by atoms with Gasteiger partial charge in [-0.15, -0.1) is 0 Å². The highest BCUT2D eigenvalue weighted by Crippen LogP contribution is 2.30. The van der Waals surface area contributed by atoms with Crippen molar-refractivity contribution in [3.63, 3.8) is 0 Å². The first-order chi connectivity index (χ1) is 13.3. The largest absolute Gasteiger partial charge is 0.478 e. The Morgan fingerprint density at radius 2 is 1.86 bits per heavy atom. The molecule has 28 heavy (non-hydrogen) atoms. The number of alkyl halides is 1. The minimum absolute atomic E-state index is 0.0556. The Morgan fingerprint density at radius 1 is 1.21 bits per heavy atom. The number of aliphatic carboxylic acids is 1. The van der Waals surface area contributed by atoms with Crippen LogP contribution in [-0.4, -0.2) is 33.4 Å². The number of primary amides is 1. The molecule has 146 valence electrons. The fourth-order valence-corrected chi connectivity index (χ4v) is 2.73. The maximum atomic E-state index is 10.9. The molecule has 1 unspecified atom stereocenters. The van der Waals surface area contributed by atoms with E-state index in [1.54, 1.807) is 6.07 Å². The van der Waals surface area contributed by atoms with E-state index < -0.39 is 17.4 Å². The van der Waals surface area contributed by atoms with Crippen molar-refractivity contribution in [2.75, 3.05) is 0 Å². The topological polar surface area (TPSA) is 112 Å². The van der Waals surface area contributed by atoms with E-state index in [4.69, 9.17) is 26.2 Å². The van der Waals surface area contributed by atoms with Crippen LogP contribution in [0.1, 0.15) is 11.3 Å². The molecule has 3 N–H and O–H groups in total. The Kier molecular flexibility index (Phi) is 7.17. The van der Waals surface area contributed by atoms with Gasteiger partial charge < -0.3 is 20.1 Å². The van der Waals surface area contributed by atoms with Crippen LogP contribution in [0.15, 0.2) is 54.6 Å². The number of halogens is 1. The summed E-state index contributed by atoms with van der Waals surface area (Å²) in [5, 5.41) is 9.76. The molecule has 2 aromatic carbocycles. The standard InChI is InChI=1S/C18H16ClNO3.C2H3NO2/c1-12-10-14-15(20(12)11-13-6-3-2-4-7-13)8-5-9-16(14)23-17(19)18(21)22;3-2(5)1-4/h2-10,17H,11H2,1H3,(H,21,22);1H,(H2,3,5). The summed E-state index contributed by atoms with van der Waals surface area (Å²) in [5.74, 6) is -1.66. The van der Waals surface area contributed by atoms with Crippen LogP contribution in [0, 0.1) is 6.92 Å². The first-order valence-electron chi connectivity index (χ1n) is 8.24. The number of fused-ring (bicyclic) bond motifs is 1. The molecule has 0 aliphatic heterocycles. The molecule has 1 amide bonds. The van der Waals surface area contributed by atoms with Crippen molar-refractivity contribution in [2.45, 2.75) is 19.0 Å². The number of amides is 1.